The summed E-state index contributed by atoms with van der Waals surface area (Å²) in [5.74, 6) is 0.00746. The van der Waals surface area contributed by atoms with Crippen molar-refractivity contribution in [2.45, 2.75) is 19.9 Å². The highest BCUT2D eigenvalue weighted by atomic mass is 32.1. The standard InChI is InChI=1S/C18H21N5O2S2/c1-12-14-16(19-10-21(2)17(14)24)27-15(12)18(25)23-5-3-4-22(6-7-23)8-13-9-26-11-20-13/h9-11H,3-8H2,1-2H3. The number of hydrogen-bond acceptors (Lipinski definition) is 7. The predicted octanol–water partition coefficient (Wildman–Crippen LogP) is 2.11. The Labute approximate surface area is 164 Å². The van der Waals surface area contributed by atoms with Crippen molar-refractivity contribution in [1.29, 1.82) is 0 Å². The normalized spacial score (nSPS) is 16.0. The summed E-state index contributed by atoms with van der Waals surface area (Å²) in [6.07, 6.45) is 2.44. The van der Waals surface area contributed by atoms with Crippen LogP contribution in [0.1, 0.15) is 27.3 Å². The van der Waals surface area contributed by atoms with Gasteiger partial charge in [0.1, 0.15) is 4.83 Å². The smallest absolute Gasteiger partial charge is 0.264 e. The summed E-state index contributed by atoms with van der Waals surface area (Å²) in [6.45, 7) is 5.87. The van der Waals surface area contributed by atoms with Crippen LogP contribution in [0.15, 0.2) is 22.0 Å². The van der Waals surface area contributed by atoms with Gasteiger partial charge in [0.15, 0.2) is 0 Å². The third-order valence-corrected chi connectivity index (χ3v) is 6.77. The van der Waals surface area contributed by atoms with Crippen molar-refractivity contribution in [2.24, 2.45) is 7.05 Å². The molecular weight excluding hydrogens is 382 g/mol. The minimum Gasteiger partial charge on any atom is -0.337 e. The first-order valence-corrected chi connectivity index (χ1v) is 10.6. The molecule has 1 fully saturated rings. The monoisotopic (exact) mass is 403 g/mol. The van der Waals surface area contributed by atoms with Crippen molar-refractivity contribution in [3.8, 4) is 0 Å². The number of aromatic nitrogens is 3. The van der Waals surface area contributed by atoms with Crippen LogP contribution in [0.3, 0.4) is 0 Å². The number of thiazole rings is 1. The second kappa shape index (κ2) is 7.49. The van der Waals surface area contributed by atoms with E-state index in [1.54, 1.807) is 18.4 Å². The maximum atomic E-state index is 13.1. The highest BCUT2D eigenvalue weighted by Crippen LogP contribution is 2.28. The maximum Gasteiger partial charge on any atom is 0.264 e. The number of amides is 1. The number of hydrogen-bond donors (Lipinski definition) is 0. The Morgan fingerprint density at radius 2 is 2.07 bits per heavy atom. The molecule has 1 aliphatic heterocycles. The van der Waals surface area contributed by atoms with Crippen LogP contribution in [0.4, 0.5) is 0 Å². The van der Waals surface area contributed by atoms with Gasteiger partial charge in [-0.2, -0.15) is 0 Å². The SMILES string of the molecule is Cc1c(C(=O)N2CCCN(Cc3cscn3)CC2)sc2ncn(C)c(=O)c12. The van der Waals surface area contributed by atoms with Gasteiger partial charge < -0.3 is 9.47 Å². The lowest BCUT2D eigenvalue weighted by molar-refractivity contribution is 0.0765. The van der Waals surface area contributed by atoms with Crippen LogP contribution >= 0.6 is 22.7 Å². The fourth-order valence-corrected chi connectivity index (χ4v) is 5.09. The molecule has 9 heteroatoms. The van der Waals surface area contributed by atoms with E-state index in [9.17, 15) is 9.59 Å². The van der Waals surface area contributed by atoms with Gasteiger partial charge in [0, 0.05) is 45.2 Å². The molecule has 3 aromatic heterocycles. The van der Waals surface area contributed by atoms with Crippen LogP contribution < -0.4 is 5.56 Å². The van der Waals surface area contributed by atoms with Crippen LogP contribution in [0, 0.1) is 6.92 Å². The van der Waals surface area contributed by atoms with E-state index < -0.39 is 0 Å². The van der Waals surface area contributed by atoms with E-state index >= 15 is 0 Å². The zero-order chi connectivity index (χ0) is 19.0. The molecule has 142 valence electrons. The summed E-state index contributed by atoms with van der Waals surface area (Å²) < 4.78 is 1.46. The van der Waals surface area contributed by atoms with Gasteiger partial charge in [-0.05, 0) is 18.9 Å². The Morgan fingerprint density at radius 1 is 1.22 bits per heavy atom. The molecule has 3 aromatic rings. The van der Waals surface area contributed by atoms with Crippen LogP contribution in [-0.2, 0) is 13.6 Å². The van der Waals surface area contributed by atoms with Gasteiger partial charge in [-0.25, -0.2) is 9.97 Å². The Hall–Kier alpha value is -2.10. The van der Waals surface area contributed by atoms with Crippen LogP contribution in [-0.4, -0.2) is 56.4 Å². The Kier molecular flexibility index (Phi) is 5.07. The number of nitrogens with zero attached hydrogens (tertiary/aromatic N) is 5. The molecule has 0 unspecified atom stereocenters. The molecule has 0 saturated carbocycles. The number of rotatable bonds is 3. The zero-order valence-electron chi connectivity index (χ0n) is 15.3. The summed E-state index contributed by atoms with van der Waals surface area (Å²) in [5, 5.41) is 2.63. The summed E-state index contributed by atoms with van der Waals surface area (Å²) in [7, 11) is 1.68. The topological polar surface area (TPSA) is 71.3 Å². The molecule has 4 rings (SSSR count). The van der Waals surface area contributed by atoms with Gasteiger partial charge in [-0.3, -0.25) is 14.5 Å². The number of fused-ring (bicyclic) bond motifs is 1. The van der Waals surface area contributed by atoms with E-state index in [4.69, 9.17) is 0 Å². The number of carbonyl (C=O) groups excluding carboxylic acids is 1. The van der Waals surface area contributed by atoms with Gasteiger partial charge in [-0.15, -0.1) is 22.7 Å². The molecular formula is C18H21N5O2S2. The quantitative estimate of drug-likeness (QED) is 0.670. The molecule has 1 amide bonds. The van der Waals surface area contributed by atoms with E-state index in [0.29, 0.717) is 21.6 Å². The van der Waals surface area contributed by atoms with Gasteiger partial charge in [-0.1, -0.05) is 0 Å². The zero-order valence-corrected chi connectivity index (χ0v) is 17.0. The molecule has 27 heavy (non-hydrogen) atoms. The van der Waals surface area contributed by atoms with Crippen molar-refractivity contribution in [3.63, 3.8) is 0 Å². The molecule has 1 saturated heterocycles. The van der Waals surface area contributed by atoms with Gasteiger partial charge in [0.05, 0.1) is 27.8 Å². The lowest BCUT2D eigenvalue weighted by Crippen LogP contribution is -2.35. The highest BCUT2D eigenvalue weighted by Gasteiger charge is 2.25. The largest absolute Gasteiger partial charge is 0.337 e. The molecule has 7 nitrogen and oxygen atoms in total. The average molecular weight is 404 g/mol. The third kappa shape index (κ3) is 3.54. The third-order valence-electron chi connectivity index (χ3n) is 4.95. The molecule has 0 atom stereocenters. The maximum absolute atomic E-state index is 13.1. The van der Waals surface area contributed by atoms with Crippen molar-refractivity contribution in [3.05, 3.63) is 43.7 Å². The van der Waals surface area contributed by atoms with E-state index in [-0.39, 0.29) is 11.5 Å². The number of aryl methyl sites for hydroxylation is 2. The summed E-state index contributed by atoms with van der Waals surface area (Å²) in [4.78, 5) is 39.7. The Morgan fingerprint density at radius 3 is 2.85 bits per heavy atom. The lowest BCUT2D eigenvalue weighted by atomic mass is 10.2. The van der Waals surface area contributed by atoms with Crippen molar-refractivity contribution in [1.82, 2.24) is 24.3 Å². The molecule has 0 aliphatic carbocycles. The second-order valence-electron chi connectivity index (χ2n) is 6.80. The summed E-state index contributed by atoms with van der Waals surface area (Å²) in [5.41, 5.74) is 3.59. The molecule has 0 aromatic carbocycles. The minimum atomic E-state index is -0.0990. The molecule has 4 heterocycles. The van der Waals surface area contributed by atoms with Gasteiger partial charge >= 0.3 is 0 Å². The molecule has 0 bridgehead atoms. The van der Waals surface area contributed by atoms with Crippen LogP contribution in [0.25, 0.3) is 10.2 Å². The van der Waals surface area contributed by atoms with Crippen LogP contribution in [0.2, 0.25) is 0 Å². The lowest BCUT2D eigenvalue weighted by Gasteiger charge is -2.21. The highest BCUT2D eigenvalue weighted by molar-refractivity contribution is 7.20. The van der Waals surface area contributed by atoms with Gasteiger partial charge in [0.2, 0.25) is 0 Å². The first-order valence-electron chi connectivity index (χ1n) is 8.88. The van der Waals surface area contributed by atoms with Crippen molar-refractivity contribution in [2.75, 3.05) is 26.2 Å². The average Bonchev–Trinajstić information content (AvgIpc) is 3.21. The predicted molar refractivity (Wildman–Crippen MR) is 108 cm³/mol. The van der Waals surface area contributed by atoms with E-state index in [1.165, 1.54) is 22.2 Å². The molecule has 0 spiro atoms. The molecule has 0 radical (unpaired) electrons. The van der Waals surface area contributed by atoms with E-state index in [2.05, 4.69) is 20.2 Å². The van der Waals surface area contributed by atoms with Crippen LogP contribution in [0.5, 0.6) is 0 Å². The first kappa shape index (κ1) is 18.3. The van der Waals surface area contributed by atoms with Crippen molar-refractivity contribution >= 4 is 38.8 Å². The fourth-order valence-electron chi connectivity index (χ4n) is 3.43. The second-order valence-corrected chi connectivity index (χ2v) is 8.52. The molecule has 0 N–H and O–H groups in total. The molecule has 1 aliphatic rings. The Balaban J connectivity index is 1.53. The minimum absolute atomic E-state index is 0.00746. The summed E-state index contributed by atoms with van der Waals surface area (Å²) >= 11 is 2.93. The first-order chi connectivity index (χ1) is 13.0. The summed E-state index contributed by atoms with van der Waals surface area (Å²) in [6, 6.07) is 0. The number of carbonyl (C=O) groups is 1. The van der Waals surface area contributed by atoms with E-state index in [1.807, 2.05) is 17.3 Å². The van der Waals surface area contributed by atoms with E-state index in [0.717, 1.165) is 43.9 Å². The fraction of sp³-hybridized carbons (Fsp3) is 0.444. The number of thiophene rings is 1. The van der Waals surface area contributed by atoms with Crippen molar-refractivity contribution < 1.29 is 4.79 Å². The Bertz CT molecular complexity index is 1020. The van der Waals surface area contributed by atoms with Gasteiger partial charge in [0.25, 0.3) is 11.5 Å².